The van der Waals surface area contributed by atoms with Gasteiger partial charge in [-0.3, -0.25) is 9.79 Å². The fourth-order valence-electron chi connectivity index (χ4n) is 5.32. The summed E-state index contributed by atoms with van der Waals surface area (Å²) in [6.07, 6.45) is 2.19. The molecule has 1 fully saturated rings. The highest BCUT2D eigenvalue weighted by molar-refractivity contribution is 6.24. The molecule has 194 valence electrons. The first-order chi connectivity index (χ1) is 18.5. The Labute approximate surface area is 223 Å². The third-order valence-corrected chi connectivity index (χ3v) is 7.34. The predicted molar refractivity (Wildman–Crippen MR) is 153 cm³/mol. The van der Waals surface area contributed by atoms with Gasteiger partial charge in [0.1, 0.15) is 18.1 Å². The first kappa shape index (κ1) is 25.5. The lowest BCUT2D eigenvalue weighted by Crippen LogP contribution is -2.27. The van der Waals surface area contributed by atoms with Gasteiger partial charge in [-0.2, -0.15) is 0 Å². The van der Waals surface area contributed by atoms with Crippen LogP contribution in [0.5, 0.6) is 5.75 Å². The van der Waals surface area contributed by atoms with Gasteiger partial charge in [0, 0.05) is 41.7 Å². The topological polar surface area (TPSA) is 74.7 Å². The minimum absolute atomic E-state index is 0.0216. The number of aliphatic hydroxyl groups excluding tert-OH is 1. The molecule has 1 heterocycles. The maximum atomic E-state index is 13.1. The van der Waals surface area contributed by atoms with Crippen molar-refractivity contribution in [2.24, 2.45) is 4.99 Å². The maximum Gasteiger partial charge on any atom is 0.168 e. The summed E-state index contributed by atoms with van der Waals surface area (Å²) < 4.78 is 6.07. The number of fused-ring (bicyclic) bond motifs is 1. The Morgan fingerprint density at radius 2 is 1.76 bits per heavy atom. The van der Waals surface area contributed by atoms with E-state index in [0.29, 0.717) is 38.0 Å². The van der Waals surface area contributed by atoms with Crippen LogP contribution in [0.2, 0.25) is 0 Å². The fourth-order valence-corrected chi connectivity index (χ4v) is 5.32. The molecule has 1 saturated carbocycles. The summed E-state index contributed by atoms with van der Waals surface area (Å²) in [5.74, 6) is 1.03. The lowest BCUT2D eigenvalue weighted by molar-refractivity contribution is -0.115. The Balaban J connectivity index is 1.37. The number of rotatable bonds is 8. The molecule has 3 aromatic carbocycles. The van der Waals surface area contributed by atoms with E-state index >= 15 is 0 Å². The number of aromatic amines is 1. The smallest absolute Gasteiger partial charge is 0.168 e. The first-order valence-corrected chi connectivity index (χ1v) is 13.3. The summed E-state index contributed by atoms with van der Waals surface area (Å²) in [7, 11) is 0. The van der Waals surface area contributed by atoms with Crippen LogP contribution in [0.3, 0.4) is 0 Å². The number of nitrogens with one attached hydrogen (secondary N) is 1. The number of hydrogen-bond acceptors (Lipinski definition) is 4. The number of aliphatic hydroxyl groups is 1. The Hall–Kier alpha value is -4.12. The SMILES string of the molecule is CCC(O)=C1C(=O)C[C@@H](c2ccccc2)CC1=NCCc1c(C)[nH]c2ccc(OCc3ccccc3)cc12. The number of allylic oxidation sites excluding steroid dienone is 2. The Kier molecular flexibility index (Phi) is 7.73. The van der Waals surface area contributed by atoms with E-state index in [4.69, 9.17) is 9.73 Å². The van der Waals surface area contributed by atoms with Crippen LogP contribution < -0.4 is 4.74 Å². The molecule has 0 amide bonds. The van der Waals surface area contributed by atoms with Gasteiger partial charge in [0.25, 0.3) is 0 Å². The van der Waals surface area contributed by atoms with Gasteiger partial charge in [-0.1, -0.05) is 67.6 Å². The van der Waals surface area contributed by atoms with E-state index in [2.05, 4.69) is 48.3 Å². The average molecular weight is 507 g/mol. The van der Waals surface area contributed by atoms with E-state index in [1.54, 1.807) is 0 Å². The Morgan fingerprint density at radius 3 is 2.50 bits per heavy atom. The van der Waals surface area contributed by atoms with E-state index in [1.165, 1.54) is 5.56 Å². The van der Waals surface area contributed by atoms with Gasteiger partial charge in [0.2, 0.25) is 0 Å². The number of aryl methyl sites for hydroxylation is 1. The highest BCUT2D eigenvalue weighted by atomic mass is 16.5. The summed E-state index contributed by atoms with van der Waals surface area (Å²) in [5.41, 5.74) is 6.78. The van der Waals surface area contributed by atoms with Gasteiger partial charge in [0.05, 0.1) is 5.57 Å². The van der Waals surface area contributed by atoms with E-state index < -0.39 is 0 Å². The van der Waals surface area contributed by atoms with E-state index in [0.717, 1.165) is 45.6 Å². The second-order valence-electron chi connectivity index (χ2n) is 9.90. The van der Waals surface area contributed by atoms with Crippen molar-refractivity contribution in [3.63, 3.8) is 0 Å². The first-order valence-electron chi connectivity index (χ1n) is 13.3. The minimum atomic E-state index is -0.0216. The zero-order valence-electron chi connectivity index (χ0n) is 22.0. The quantitative estimate of drug-likeness (QED) is 0.193. The molecule has 0 aliphatic heterocycles. The number of aromatic nitrogens is 1. The molecule has 38 heavy (non-hydrogen) atoms. The lowest BCUT2D eigenvalue weighted by atomic mass is 9.79. The molecule has 0 radical (unpaired) electrons. The molecular weight excluding hydrogens is 472 g/mol. The fraction of sp³-hybridized carbons (Fsp3) is 0.273. The van der Waals surface area contributed by atoms with Gasteiger partial charge in [-0.05, 0) is 60.6 Å². The number of carbonyl (C=O) groups excluding carboxylic acids is 1. The molecular formula is C33H34N2O3. The Morgan fingerprint density at radius 1 is 1.03 bits per heavy atom. The third-order valence-electron chi connectivity index (χ3n) is 7.34. The molecule has 1 aliphatic carbocycles. The van der Waals surface area contributed by atoms with Crippen LogP contribution in [0.25, 0.3) is 10.9 Å². The van der Waals surface area contributed by atoms with Crippen LogP contribution in [-0.2, 0) is 17.8 Å². The van der Waals surface area contributed by atoms with Crippen molar-refractivity contribution < 1.29 is 14.6 Å². The number of benzene rings is 3. The molecule has 1 aliphatic rings. The molecule has 4 aromatic rings. The van der Waals surface area contributed by atoms with Crippen LogP contribution >= 0.6 is 0 Å². The number of ether oxygens (including phenoxy) is 1. The van der Waals surface area contributed by atoms with Crippen LogP contribution in [0.4, 0.5) is 0 Å². The molecule has 1 aromatic heterocycles. The zero-order chi connectivity index (χ0) is 26.5. The summed E-state index contributed by atoms with van der Waals surface area (Å²) in [4.78, 5) is 21.5. The molecule has 0 unspecified atom stereocenters. The van der Waals surface area contributed by atoms with Gasteiger partial charge in [-0.15, -0.1) is 0 Å². The predicted octanol–water partition coefficient (Wildman–Crippen LogP) is 7.41. The molecule has 0 saturated heterocycles. The van der Waals surface area contributed by atoms with Gasteiger partial charge in [-0.25, -0.2) is 0 Å². The molecule has 5 rings (SSSR count). The summed E-state index contributed by atoms with van der Waals surface area (Å²) in [5, 5.41) is 11.7. The summed E-state index contributed by atoms with van der Waals surface area (Å²) >= 11 is 0. The van der Waals surface area contributed by atoms with Crippen molar-refractivity contribution in [1.82, 2.24) is 4.98 Å². The van der Waals surface area contributed by atoms with Gasteiger partial charge >= 0.3 is 0 Å². The summed E-state index contributed by atoms with van der Waals surface area (Å²) in [6, 6.07) is 26.4. The number of hydrogen-bond donors (Lipinski definition) is 2. The van der Waals surface area contributed by atoms with Crippen molar-refractivity contribution in [1.29, 1.82) is 0 Å². The van der Waals surface area contributed by atoms with Crippen LogP contribution in [0, 0.1) is 6.92 Å². The number of Topliss-reactive ketones (excluding diaryl/α,β-unsaturated/α-hetero) is 1. The molecule has 5 heteroatoms. The number of nitrogens with zero attached hydrogens (tertiary/aromatic N) is 1. The number of aliphatic imine (C=N–C) groups is 1. The second kappa shape index (κ2) is 11.5. The normalized spacial score (nSPS) is 18.2. The number of carbonyl (C=O) groups is 1. The van der Waals surface area contributed by atoms with Crippen molar-refractivity contribution in [2.45, 2.75) is 52.1 Å². The lowest BCUT2D eigenvalue weighted by Gasteiger charge is -2.26. The van der Waals surface area contributed by atoms with Gasteiger partial charge < -0.3 is 14.8 Å². The highest BCUT2D eigenvalue weighted by Gasteiger charge is 2.31. The van der Waals surface area contributed by atoms with E-state index in [9.17, 15) is 9.90 Å². The number of ketones is 1. The van der Waals surface area contributed by atoms with Crippen LogP contribution in [0.1, 0.15) is 54.5 Å². The van der Waals surface area contributed by atoms with Crippen LogP contribution in [0.15, 0.2) is 95.2 Å². The second-order valence-corrected chi connectivity index (χ2v) is 9.90. The summed E-state index contributed by atoms with van der Waals surface area (Å²) in [6.45, 7) is 5.00. The van der Waals surface area contributed by atoms with E-state index in [-0.39, 0.29) is 17.5 Å². The zero-order valence-corrected chi connectivity index (χ0v) is 22.0. The van der Waals surface area contributed by atoms with Crippen molar-refractivity contribution >= 4 is 22.4 Å². The van der Waals surface area contributed by atoms with Gasteiger partial charge in [0.15, 0.2) is 5.78 Å². The number of H-pyrrole nitrogens is 1. The molecule has 5 nitrogen and oxygen atoms in total. The molecule has 0 spiro atoms. The average Bonchev–Trinajstić information content (AvgIpc) is 3.26. The largest absolute Gasteiger partial charge is 0.512 e. The van der Waals surface area contributed by atoms with Crippen molar-refractivity contribution in [2.75, 3.05) is 6.54 Å². The van der Waals surface area contributed by atoms with Crippen molar-refractivity contribution in [3.8, 4) is 5.75 Å². The van der Waals surface area contributed by atoms with Crippen LogP contribution in [-0.4, -0.2) is 28.1 Å². The highest BCUT2D eigenvalue weighted by Crippen LogP contribution is 2.34. The van der Waals surface area contributed by atoms with E-state index in [1.807, 2.05) is 49.4 Å². The standard InChI is InChI=1S/C33H34N2O3/c1-3-31(36)33-30(18-25(19-32(33)37)24-12-8-5-9-13-24)34-17-16-27-22(2)35-29-15-14-26(20-28(27)29)38-21-23-10-6-4-7-11-23/h4-15,20,25,35-36H,3,16-19,21H2,1-2H3/t25-/m0/s1. The van der Waals surface area contributed by atoms with Crippen molar-refractivity contribution in [3.05, 3.63) is 113 Å². The monoisotopic (exact) mass is 506 g/mol. The molecule has 1 atom stereocenters. The maximum absolute atomic E-state index is 13.1. The molecule has 0 bridgehead atoms. The Bertz CT molecular complexity index is 1480. The minimum Gasteiger partial charge on any atom is -0.512 e. The third kappa shape index (κ3) is 5.57. The molecule has 2 N–H and O–H groups in total.